The van der Waals surface area contributed by atoms with Crippen LogP contribution in [0.1, 0.15) is 27.2 Å². The van der Waals surface area contributed by atoms with Gasteiger partial charge in [0.05, 0.1) is 0 Å². The van der Waals surface area contributed by atoms with Gasteiger partial charge in [0.1, 0.15) is 0 Å². The molecule has 0 radical (unpaired) electrons. The fourth-order valence-corrected chi connectivity index (χ4v) is 3.99. The minimum absolute atomic E-state index is 0.322. The molecule has 3 aliphatic carbocycles. The molecule has 0 heteroatoms. The lowest BCUT2D eigenvalue weighted by molar-refractivity contribution is 0.312. The van der Waals surface area contributed by atoms with Crippen LogP contribution in [0.15, 0.2) is 35.5 Å². The van der Waals surface area contributed by atoms with E-state index in [1.54, 1.807) is 11.1 Å². The van der Waals surface area contributed by atoms with Crippen LogP contribution in [0.5, 0.6) is 0 Å². The van der Waals surface area contributed by atoms with Gasteiger partial charge in [0.25, 0.3) is 0 Å². The zero-order valence-corrected chi connectivity index (χ0v) is 9.30. The Morgan fingerprint density at radius 2 is 2.07 bits per heavy atom. The third-order valence-electron chi connectivity index (χ3n) is 5.22. The Hall–Kier alpha value is -0.780. The summed E-state index contributed by atoms with van der Waals surface area (Å²) in [7, 11) is 0. The second-order valence-corrected chi connectivity index (χ2v) is 5.39. The van der Waals surface area contributed by atoms with E-state index in [-0.39, 0.29) is 0 Å². The van der Waals surface area contributed by atoms with Crippen molar-refractivity contribution in [3.8, 4) is 0 Å². The standard InChI is InChI=1S/C14H18/c1-8-9(2)14(4)10(3)11-5-6-12(8)13(14)7-11/h5-6,11-13H,3,7H2,1-2,4H3. The van der Waals surface area contributed by atoms with E-state index in [2.05, 4.69) is 39.5 Å². The smallest absolute Gasteiger partial charge is 0.0133 e. The molecule has 4 unspecified atom stereocenters. The maximum Gasteiger partial charge on any atom is 0.0133 e. The zero-order chi connectivity index (χ0) is 10.1. The molecule has 0 aromatic rings. The molecule has 0 saturated heterocycles. The van der Waals surface area contributed by atoms with Crippen molar-refractivity contribution in [2.45, 2.75) is 27.2 Å². The lowest BCUT2D eigenvalue weighted by atomic mass is 9.74. The van der Waals surface area contributed by atoms with Gasteiger partial charge in [-0.05, 0) is 32.1 Å². The summed E-state index contributed by atoms with van der Waals surface area (Å²) in [6.45, 7) is 11.4. The van der Waals surface area contributed by atoms with Crippen molar-refractivity contribution < 1.29 is 0 Å². The molecule has 0 aromatic carbocycles. The van der Waals surface area contributed by atoms with Crippen LogP contribution < -0.4 is 0 Å². The van der Waals surface area contributed by atoms with Crippen LogP contribution in [0.25, 0.3) is 0 Å². The van der Waals surface area contributed by atoms with Crippen LogP contribution in [0.4, 0.5) is 0 Å². The van der Waals surface area contributed by atoms with E-state index in [0.717, 1.165) is 11.8 Å². The molecule has 0 N–H and O–H groups in total. The highest BCUT2D eigenvalue weighted by Crippen LogP contribution is 2.65. The zero-order valence-electron chi connectivity index (χ0n) is 9.30. The molecular weight excluding hydrogens is 168 g/mol. The summed E-state index contributed by atoms with van der Waals surface area (Å²) in [6.07, 6.45) is 6.16. The van der Waals surface area contributed by atoms with Crippen molar-refractivity contribution in [1.29, 1.82) is 0 Å². The highest BCUT2D eigenvalue weighted by atomic mass is 14.6. The Kier molecular flexibility index (Phi) is 1.36. The van der Waals surface area contributed by atoms with Gasteiger partial charge < -0.3 is 0 Å². The Morgan fingerprint density at radius 3 is 2.79 bits per heavy atom. The maximum atomic E-state index is 4.35. The van der Waals surface area contributed by atoms with Crippen molar-refractivity contribution in [2.75, 3.05) is 0 Å². The monoisotopic (exact) mass is 186 g/mol. The second kappa shape index (κ2) is 2.24. The molecule has 1 fully saturated rings. The lowest BCUT2D eigenvalue weighted by Gasteiger charge is -2.29. The van der Waals surface area contributed by atoms with Gasteiger partial charge in [0, 0.05) is 11.3 Å². The van der Waals surface area contributed by atoms with Gasteiger partial charge in [-0.2, -0.15) is 0 Å². The highest BCUT2D eigenvalue weighted by molar-refractivity contribution is 5.47. The molecule has 0 spiro atoms. The SMILES string of the molecule is C=C1C2C=CC3C(C)=C(C)C1(C)C3C2. The largest absolute Gasteiger partial charge is 0.0984 e. The molecule has 3 rings (SSSR count). The first kappa shape index (κ1) is 8.52. The molecule has 4 atom stereocenters. The molecular formula is C14H18. The Bertz CT molecular complexity index is 383. The third kappa shape index (κ3) is 0.657. The highest BCUT2D eigenvalue weighted by Gasteiger charge is 2.56. The Balaban J connectivity index is 2.27. The van der Waals surface area contributed by atoms with Crippen LogP contribution in [0.3, 0.4) is 0 Å². The van der Waals surface area contributed by atoms with Crippen molar-refractivity contribution in [1.82, 2.24) is 0 Å². The number of hydrogen-bond donors (Lipinski definition) is 0. The van der Waals surface area contributed by atoms with E-state index in [9.17, 15) is 0 Å². The summed E-state index contributed by atoms with van der Waals surface area (Å²) in [6, 6.07) is 0. The van der Waals surface area contributed by atoms with Crippen LogP contribution in [-0.2, 0) is 0 Å². The summed E-state index contributed by atoms with van der Waals surface area (Å²) >= 11 is 0. The topological polar surface area (TPSA) is 0 Å². The molecule has 0 aliphatic heterocycles. The first-order chi connectivity index (χ1) is 6.56. The second-order valence-electron chi connectivity index (χ2n) is 5.39. The fourth-order valence-electron chi connectivity index (χ4n) is 3.99. The first-order valence-corrected chi connectivity index (χ1v) is 5.62. The van der Waals surface area contributed by atoms with Gasteiger partial charge in [-0.3, -0.25) is 0 Å². The normalized spacial score (nSPS) is 49.4. The van der Waals surface area contributed by atoms with E-state index >= 15 is 0 Å². The van der Waals surface area contributed by atoms with Crippen LogP contribution >= 0.6 is 0 Å². The minimum Gasteiger partial charge on any atom is -0.0984 e. The molecule has 0 aromatic heterocycles. The average molecular weight is 186 g/mol. The predicted octanol–water partition coefficient (Wildman–Crippen LogP) is 3.72. The quantitative estimate of drug-likeness (QED) is 0.506. The number of rotatable bonds is 0. The fraction of sp³-hybridized carbons (Fsp3) is 0.571. The molecule has 1 saturated carbocycles. The third-order valence-corrected chi connectivity index (χ3v) is 5.22. The Morgan fingerprint density at radius 1 is 1.36 bits per heavy atom. The van der Waals surface area contributed by atoms with Crippen LogP contribution in [-0.4, -0.2) is 0 Å². The summed E-state index contributed by atoms with van der Waals surface area (Å²) < 4.78 is 0. The van der Waals surface area contributed by atoms with E-state index in [0.29, 0.717) is 11.3 Å². The van der Waals surface area contributed by atoms with Crippen molar-refractivity contribution >= 4 is 0 Å². The van der Waals surface area contributed by atoms with E-state index < -0.39 is 0 Å². The van der Waals surface area contributed by atoms with Gasteiger partial charge in [0.2, 0.25) is 0 Å². The lowest BCUT2D eigenvalue weighted by Crippen LogP contribution is -2.22. The average Bonchev–Trinajstić information content (AvgIpc) is 2.51. The van der Waals surface area contributed by atoms with Gasteiger partial charge in [-0.15, -0.1) is 0 Å². The van der Waals surface area contributed by atoms with Crippen LogP contribution in [0.2, 0.25) is 0 Å². The van der Waals surface area contributed by atoms with Crippen molar-refractivity contribution in [3.63, 3.8) is 0 Å². The van der Waals surface area contributed by atoms with Gasteiger partial charge in [0.15, 0.2) is 0 Å². The summed E-state index contributed by atoms with van der Waals surface area (Å²) in [5.74, 6) is 2.21. The van der Waals surface area contributed by atoms with E-state index in [1.807, 2.05) is 0 Å². The summed E-state index contributed by atoms with van der Waals surface area (Å²) in [4.78, 5) is 0. The van der Waals surface area contributed by atoms with Gasteiger partial charge in [-0.25, -0.2) is 0 Å². The molecule has 74 valence electrons. The molecule has 14 heavy (non-hydrogen) atoms. The van der Waals surface area contributed by atoms with Crippen LogP contribution in [0, 0.1) is 23.2 Å². The predicted molar refractivity (Wildman–Crippen MR) is 59.8 cm³/mol. The first-order valence-electron chi connectivity index (χ1n) is 5.62. The summed E-state index contributed by atoms with van der Waals surface area (Å²) in [5, 5.41) is 0. The summed E-state index contributed by atoms with van der Waals surface area (Å²) in [5.41, 5.74) is 5.00. The molecule has 2 bridgehead atoms. The van der Waals surface area contributed by atoms with Gasteiger partial charge >= 0.3 is 0 Å². The molecule has 3 aliphatic rings. The number of hydrogen-bond acceptors (Lipinski definition) is 0. The molecule has 0 nitrogen and oxygen atoms in total. The van der Waals surface area contributed by atoms with E-state index in [4.69, 9.17) is 0 Å². The minimum atomic E-state index is 0.322. The van der Waals surface area contributed by atoms with Crippen molar-refractivity contribution in [3.05, 3.63) is 35.5 Å². The number of allylic oxidation sites excluding steroid dienone is 5. The van der Waals surface area contributed by atoms with E-state index in [1.165, 1.54) is 12.0 Å². The van der Waals surface area contributed by atoms with Crippen molar-refractivity contribution in [2.24, 2.45) is 23.2 Å². The van der Waals surface area contributed by atoms with Gasteiger partial charge in [-0.1, -0.05) is 42.4 Å². The Labute approximate surface area is 86.4 Å². The maximum absolute atomic E-state index is 4.35. The molecule has 0 amide bonds. The number of fused-ring (bicyclic) bond motifs is 1. The molecule has 0 heterocycles.